The maximum atomic E-state index is 4.13. The van der Waals surface area contributed by atoms with E-state index in [1.54, 1.807) is 6.20 Å². The molecule has 0 aromatic carbocycles. The molecule has 0 aliphatic rings. The van der Waals surface area contributed by atoms with Gasteiger partial charge in [0.15, 0.2) is 0 Å². The van der Waals surface area contributed by atoms with Crippen molar-refractivity contribution in [2.24, 2.45) is 0 Å². The summed E-state index contributed by atoms with van der Waals surface area (Å²) >= 11 is 1.87. The second-order valence-electron chi connectivity index (χ2n) is 4.19. The second kappa shape index (κ2) is 6.56. The van der Waals surface area contributed by atoms with Crippen LogP contribution >= 0.6 is 11.8 Å². The quantitative estimate of drug-likeness (QED) is 0.839. The molecule has 0 saturated heterocycles. The monoisotopic (exact) mass is 262 g/mol. The van der Waals surface area contributed by atoms with Crippen LogP contribution in [0, 0.1) is 0 Å². The Morgan fingerprint density at radius 1 is 1.44 bits per heavy atom. The van der Waals surface area contributed by atoms with Crippen molar-refractivity contribution >= 4 is 11.8 Å². The fourth-order valence-electron chi connectivity index (χ4n) is 1.70. The van der Waals surface area contributed by atoms with E-state index in [4.69, 9.17) is 0 Å². The summed E-state index contributed by atoms with van der Waals surface area (Å²) in [6.45, 7) is 4.04. The van der Waals surface area contributed by atoms with Crippen molar-refractivity contribution in [3.63, 3.8) is 0 Å². The minimum atomic E-state index is 0.624. The van der Waals surface area contributed by atoms with Gasteiger partial charge in [0.2, 0.25) is 0 Å². The molecule has 18 heavy (non-hydrogen) atoms. The third-order valence-corrected chi connectivity index (χ3v) is 3.79. The van der Waals surface area contributed by atoms with E-state index in [9.17, 15) is 0 Å². The molecule has 0 saturated carbocycles. The van der Waals surface area contributed by atoms with Gasteiger partial charge in [-0.2, -0.15) is 16.9 Å². The van der Waals surface area contributed by atoms with Gasteiger partial charge in [-0.05, 0) is 18.4 Å². The summed E-state index contributed by atoms with van der Waals surface area (Å²) in [5, 5.41) is 11.2. The topological polar surface area (TPSA) is 53.6 Å². The number of H-pyrrole nitrogens is 1. The number of hydrogen-bond donors (Lipinski definition) is 2. The molecule has 1 atom stereocenters. The zero-order valence-electron chi connectivity index (χ0n) is 10.7. The van der Waals surface area contributed by atoms with Crippen LogP contribution in [0.2, 0.25) is 0 Å². The molecule has 96 valence electrons. The van der Waals surface area contributed by atoms with Gasteiger partial charge in [0.05, 0.1) is 11.9 Å². The molecule has 0 aliphatic carbocycles. The molecular weight excluding hydrogens is 244 g/mol. The first-order chi connectivity index (χ1) is 8.81. The van der Waals surface area contributed by atoms with Crippen molar-refractivity contribution in [2.45, 2.75) is 18.7 Å². The zero-order chi connectivity index (χ0) is 12.8. The number of pyridine rings is 1. The van der Waals surface area contributed by atoms with Crippen LogP contribution in [0.5, 0.6) is 0 Å². The van der Waals surface area contributed by atoms with Gasteiger partial charge in [-0.15, -0.1) is 0 Å². The molecule has 0 fully saturated rings. The fraction of sp³-hybridized carbons (Fsp3) is 0.385. The van der Waals surface area contributed by atoms with Crippen molar-refractivity contribution in [3.8, 4) is 11.3 Å². The van der Waals surface area contributed by atoms with Crippen LogP contribution < -0.4 is 5.32 Å². The van der Waals surface area contributed by atoms with Crippen LogP contribution in [0.1, 0.15) is 12.5 Å². The highest BCUT2D eigenvalue weighted by atomic mass is 32.2. The Balaban J connectivity index is 2.00. The van der Waals surface area contributed by atoms with Crippen LogP contribution in [0.4, 0.5) is 0 Å². The number of aromatic nitrogens is 3. The molecule has 2 aromatic heterocycles. The highest BCUT2D eigenvalue weighted by Gasteiger charge is 2.07. The second-order valence-corrected chi connectivity index (χ2v) is 5.47. The van der Waals surface area contributed by atoms with Gasteiger partial charge in [-0.25, -0.2) is 0 Å². The number of hydrogen-bond acceptors (Lipinski definition) is 4. The van der Waals surface area contributed by atoms with E-state index in [1.807, 2.05) is 36.3 Å². The molecule has 2 N–H and O–H groups in total. The first-order valence-corrected chi connectivity index (χ1v) is 7.26. The van der Waals surface area contributed by atoms with Crippen molar-refractivity contribution in [1.29, 1.82) is 0 Å². The third-order valence-electron chi connectivity index (χ3n) is 2.82. The molecular formula is C13H18N4S. The van der Waals surface area contributed by atoms with Crippen LogP contribution in [0.25, 0.3) is 11.3 Å². The van der Waals surface area contributed by atoms with Gasteiger partial charge in [0, 0.05) is 41.9 Å². The van der Waals surface area contributed by atoms with Gasteiger partial charge in [0.1, 0.15) is 0 Å². The van der Waals surface area contributed by atoms with E-state index >= 15 is 0 Å². The number of aromatic amines is 1. The van der Waals surface area contributed by atoms with Crippen molar-refractivity contribution in [3.05, 3.63) is 36.3 Å². The third kappa shape index (κ3) is 3.34. The lowest BCUT2D eigenvalue weighted by molar-refractivity contribution is 0.685. The Hall–Kier alpha value is -1.33. The molecule has 2 heterocycles. The Morgan fingerprint density at radius 2 is 2.33 bits per heavy atom. The van der Waals surface area contributed by atoms with Crippen LogP contribution in [0.15, 0.2) is 30.7 Å². The van der Waals surface area contributed by atoms with E-state index in [-0.39, 0.29) is 0 Å². The van der Waals surface area contributed by atoms with E-state index in [0.717, 1.165) is 24.3 Å². The summed E-state index contributed by atoms with van der Waals surface area (Å²) in [5.41, 5.74) is 3.30. The van der Waals surface area contributed by atoms with Crippen molar-refractivity contribution in [1.82, 2.24) is 20.5 Å². The lowest BCUT2D eigenvalue weighted by Gasteiger charge is -2.09. The SMILES string of the molecule is CSC(C)CNCc1cn[nH]c1-c1cccnc1. The first-order valence-electron chi connectivity index (χ1n) is 5.97. The van der Waals surface area contributed by atoms with Crippen LogP contribution in [0.3, 0.4) is 0 Å². The number of thioether (sulfide) groups is 1. The largest absolute Gasteiger partial charge is 0.311 e. The van der Waals surface area contributed by atoms with Crippen LogP contribution in [-0.2, 0) is 6.54 Å². The number of nitrogens with zero attached hydrogens (tertiary/aromatic N) is 2. The van der Waals surface area contributed by atoms with Gasteiger partial charge in [0.25, 0.3) is 0 Å². The molecule has 0 spiro atoms. The van der Waals surface area contributed by atoms with Gasteiger partial charge < -0.3 is 5.32 Å². The van der Waals surface area contributed by atoms with Gasteiger partial charge >= 0.3 is 0 Å². The summed E-state index contributed by atoms with van der Waals surface area (Å²) in [6.07, 6.45) is 7.63. The van der Waals surface area contributed by atoms with E-state index in [0.29, 0.717) is 5.25 Å². The lowest BCUT2D eigenvalue weighted by atomic mass is 10.1. The maximum Gasteiger partial charge on any atom is 0.0710 e. The van der Waals surface area contributed by atoms with E-state index in [1.165, 1.54) is 5.56 Å². The van der Waals surface area contributed by atoms with Crippen LogP contribution in [-0.4, -0.2) is 33.2 Å². The molecule has 0 bridgehead atoms. The minimum absolute atomic E-state index is 0.624. The molecule has 2 rings (SSSR count). The number of nitrogens with one attached hydrogen (secondary N) is 2. The summed E-state index contributed by atoms with van der Waals surface area (Å²) in [7, 11) is 0. The van der Waals surface area contributed by atoms with E-state index in [2.05, 4.69) is 33.7 Å². The predicted molar refractivity (Wildman–Crippen MR) is 76.5 cm³/mol. The van der Waals surface area contributed by atoms with E-state index < -0.39 is 0 Å². The smallest absolute Gasteiger partial charge is 0.0710 e. The Morgan fingerprint density at radius 3 is 3.06 bits per heavy atom. The number of rotatable bonds is 6. The molecule has 4 nitrogen and oxygen atoms in total. The Kier molecular flexibility index (Phi) is 4.78. The fourth-order valence-corrected chi connectivity index (χ4v) is 1.98. The van der Waals surface area contributed by atoms with Crippen molar-refractivity contribution in [2.75, 3.05) is 12.8 Å². The van der Waals surface area contributed by atoms with Gasteiger partial charge in [-0.3, -0.25) is 10.1 Å². The summed E-state index contributed by atoms with van der Waals surface area (Å²) in [6, 6.07) is 3.97. The predicted octanol–water partition coefficient (Wildman–Crippen LogP) is 2.31. The average Bonchev–Trinajstić information content (AvgIpc) is 2.88. The molecule has 2 aromatic rings. The summed E-state index contributed by atoms with van der Waals surface area (Å²) < 4.78 is 0. The van der Waals surface area contributed by atoms with Gasteiger partial charge in [-0.1, -0.05) is 6.92 Å². The standard InChI is InChI=1S/C13H18N4S/c1-10(18-2)6-15-8-12-9-16-17-13(12)11-4-3-5-14-7-11/h3-5,7,9-10,15H,6,8H2,1-2H3,(H,16,17). The summed E-state index contributed by atoms with van der Waals surface area (Å²) in [4.78, 5) is 4.13. The highest BCUT2D eigenvalue weighted by Crippen LogP contribution is 2.19. The Bertz CT molecular complexity index is 469. The molecule has 5 heteroatoms. The Labute approximate surface area is 112 Å². The minimum Gasteiger partial charge on any atom is -0.311 e. The molecule has 0 amide bonds. The lowest BCUT2D eigenvalue weighted by Crippen LogP contribution is -2.22. The zero-order valence-corrected chi connectivity index (χ0v) is 11.5. The van der Waals surface area contributed by atoms with Crippen molar-refractivity contribution < 1.29 is 0 Å². The average molecular weight is 262 g/mol. The summed E-state index contributed by atoms with van der Waals surface area (Å²) in [5.74, 6) is 0. The first kappa shape index (κ1) is 13.1. The maximum absolute atomic E-state index is 4.13. The highest BCUT2D eigenvalue weighted by molar-refractivity contribution is 7.99. The molecule has 1 unspecified atom stereocenters. The molecule has 0 aliphatic heterocycles. The molecule has 0 radical (unpaired) electrons. The normalized spacial score (nSPS) is 12.6.